The van der Waals surface area contributed by atoms with Gasteiger partial charge in [0.15, 0.2) is 0 Å². The standard InChI is InChI=1S/C11H12OS/c1-2-3-8-13-11-6-4-10(9-12)5-7-11/h2-7,9H,8H2,1H3/b3-2+. The molecule has 0 atom stereocenters. The van der Waals surface area contributed by atoms with Gasteiger partial charge in [0.2, 0.25) is 0 Å². The second-order valence-electron chi connectivity index (χ2n) is 2.57. The monoisotopic (exact) mass is 192 g/mol. The predicted octanol–water partition coefficient (Wildman–Crippen LogP) is 3.17. The zero-order valence-corrected chi connectivity index (χ0v) is 8.38. The van der Waals surface area contributed by atoms with E-state index < -0.39 is 0 Å². The number of aldehydes is 1. The molecule has 68 valence electrons. The van der Waals surface area contributed by atoms with Crippen molar-refractivity contribution in [3.8, 4) is 0 Å². The second kappa shape index (κ2) is 5.60. The molecule has 0 saturated carbocycles. The van der Waals surface area contributed by atoms with Gasteiger partial charge in [0.1, 0.15) is 6.29 Å². The average Bonchev–Trinajstić information content (AvgIpc) is 2.19. The zero-order chi connectivity index (χ0) is 9.52. The lowest BCUT2D eigenvalue weighted by Crippen LogP contribution is -1.79. The number of benzene rings is 1. The van der Waals surface area contributed by atoms with Crippen LogP contribution in [0.2, 0.25) is 0 Å². The van der Waals surface area contributed by atoms with Crippen molar-refractivity contribution in [1.82, 2.24) is 0 Å². The van der Waals surface area contributed by atoms with Crippen LogP contribution in [0.25, 0.3) is 0 Å². The van der Waals surface area contributed by atoms with Crippen LogP contribution in [0.5, 0.6) is 0 Å². The van der Waals surface area contributed by atoms with Gasteiger partial charge >= 0.3 is 0 Å². The average molecular weight is 192 g/mol. The highest BCUT2D eigenvalue weighted by atomic mass is 32.2. The SMILES string of the molecule is C/C=C/CSc1ccc(C=O)cc1. The summed E-state index contributed by atoms with van der Waals surface area (Å²) < 4.78 is 0. The van der Waals surface area contributed by atoms with Gasteiger partial charge in [-0.1, -0.05) is 24.3 Å². The first kappa shape index (κ1) is 10.1. The normalized spacial score (nSPS) is 10.5. The third-order valence-electron chi connectivity index (χ3n) is 1.60. The van der Waals surface area contributed by atoms with Crippen LogP contribution in [0.3, 0.4) is 0 Å². The molecule has 0 spiro atoms. The highest BCUT2D eigenvalue weighted by Gasteiger charge is 1.92. The van der Waals surface area contributed by atoms with Gasteiger partial charge in [-0.3, -0.25) is 4.79 Å². The lowest BCUT2D eigenvalue weighted by Gasteiger charge is -1.97. The fraction of sp³-hybridized carbons (Fsp3) is 0.182. The van der Waals surface area contributed by atoms with E-state index in [4.69, 9.17) is 0 Å². The number of hydrogen-bond acceptors (Lipinski definition) is 2. The van der Waals surface area contributed by atoms with E-state index in [0.717, 1.165) is 17.6 Å². The number of carbonyl (C=O) groups excluding carboxylic acids is 1. The van der Waals surface area contributed by atoms with E-state index in [-0.39, 0.29) is 0 Å². The number of hydrogen-bond donors (Lipinski definition) is 0. The largest absolute Gasteiger partial charge is 0.298 e. The van der Waals surface area contributed by atoms with E-state index >= 15 is 0 Å². The van der Waals surface area contributed by atoms with E-state index in [0.29, 0.717) is 0 Å². The zero-order valence-electron chi connectivity index (χ0n) is 7.57. The molecule has 0 N–H and O–H groups in total. The van der Waals surface area contributed by atoms with Crippen molar-refractivity contribution >= 4 is 18.0 Å². The molecule has 1 rings (SSSR count). The summed E-state index contributed by atoms with van der Waals surface area (Å²) in [6.07, 6.45) is 5.01. The summed E-state index contributed by atoms with van der Waals surface area (Å²) >= 11 is 1.76. The fourth-order valence-corrected chi connectivity index (χ4v) is 1.69. The minimum absolute atomic E-state index is 0.732. The quantitative estimate of drug-likeness (QED) is 0.414. The number of allylic oxidation sites excluding steroid dienone is 1. The molecule has 13 heavy (non-hydrogen) atoms. The van der Waals surface area contributed by atoms with E-state index in [1.807, 2.05) is 37.3 Å². The summed E-state index contributed by atoms with van der Waals surface area (Å²) in [5.41, 5.74) is 0.732. The molecule has 0 radical (unpaired) electrons. The Kier molecular flexibility index (Phi) is 4.33. The Bertz CT molecular complexity index is 287. The molecule has 0 saturated heterocycles. The topological polar surface area (TPSA) is 17.1 Å². The highest BCUT2D eigenvalue weighted by molar-refractivity contribution is 7.99. The summed E-state index contributed by atoms with van der Waals surface area (Å²) in [5.74, 6) is 0.983. The summed E-state index contributed by atoms with van der Waals surface area (Å²) in [6, 6.07) is 7.62. The number of thioether (sulfide) groups is 1. The molecule has 0 bridgehead atoms. The second-order valence-corrected chi connectivity index (χ2v) is 3.66. The first-order valence-corrected chi connectivity index (χ1v) is 5.14. The Hall–Kier alpha value is -1.02. The summed E-state index contributed by atoms with van der Waals surface area (Å²) in [7, 11) is 0. The van der Waals surface area contributed by atoms with Crippen LogP contribution < -0.4 is 0 Å². The summed E-state index contributed by atoms with van der Waals surface area (Å²) in [5, 5.41) is 0. The van der Waals surface area contributed by atoms with Gasteiger partial charge in [-0.05, 0) is 19.1 Å². The minimum Gasteiger partial charge on any atom is -0.298 e. The van der Waals surface area contributed by atoms with E-state index in [1.54, 1.807) is 11.8 Å². The Morgan fingerprint density at radius 2 is 2.00 bits per heavy atom. The van der Waals surface area contributed by atoms with E-state index in [2.05, 4.69) is 6.08 Å². The van der Waals surface area contributed by atoms with E-state index in [1.165, 1.54) is 4.90 Å². The Morgan fingerprint density at radius 1 is 1.31 bits per heavy atom. The molecule has 0 unspecified atom stereocenters. The minimum atomic E-state index is 0.732. The van der Waals surface area contributed by atoms with Crippen molar-refractivity contribution in [3.05, 3.63) is 42.0 Å². The molecule has 0 aliphatic heterocycles. The lowest BCUT2D eigenvalue weighted by molar-refractivity contribution is 0.112. The molecule has 0 aromatic heterocycles. The first-order chi connectivity index (χ1) is 6.36. The Morgan fingerprint density at radius 3 is 2.54 bits per heavy atom. The predicted molar refractivity (Wildman–Crippen MR) is 57.4 cm³/mol. The summed E-state index contributed by atoms with van der Waals surface area (Å²) in [6.45, 7) is 2.01. The molecule has 1 aromatic carbocycles. The molecule has 0 fully saturated rings. The molecule has 0 amide bonds. The van der Waals surface area contributed by atoms with Crippen LogP contribution in [-0.2, 0) is 0 Å². The van der Waals surface area contributed by atoms with Crippen LogP contribution in [0, 0.1) is 0 Å². The van der Waals surface area contributed by atoms with Crippen molar-refractivity contribution in [2.75, 3.05) is 5.75 Å². The maximum Gasteiger partial charge on any atom is 0.150 e. The smallest absolute Gasteiger partial charge is 0.150 e. The van der Waals surface area contributed by atoms with Crippen LogP contribution in [0.1, 0.15) is 17.3 Å². The molecule has 2 heteroatoms. The van der Waals surface area contributed by atoms with E-state index in [9.17, 15) is 4.79 Å². The maximum atomic E-state index is 10.4. The van der Waals surface area contributed by atoms with Gasteiger partial charge in [0.05, 0.1) is 0 Å². The Labute approximate surface area is 82.9 Å². The van der Waals surface area contributed by atoms with Crippen LogP contribution >= 0.6 is 11.8 Å². The number of rotatable bonds is 4. The summed E-state index contributed by atoms with van der Waals surface area (Å²) in [4.78, 5) is 11.6. The third kappa shape index (κ3) is 3.47. The van der Waals surface area contributed by atoms with Gasteiger partial charge in [-0.2, -0.15) is 0 Å². The van der Waals surface area contributed by atoms with Gasteiger partial charge in [0.25, 0.3) is 0 Å². The van der Waals surface area contributed by atoms with Gasteiger partial charge in [0, 0.05) is 16.2 Å². The lowest BCUT2D eigenvalue weighted by atomic mass is 10.2. The van der Waals surface area contributed by atoms with Crippen LogP contribution in [0.4, 0.5) is 0 Å². The molecule has 1 nitrogen and oxygen atoms in total. The highest BCUT2D eigenvalue weighted by Crippen LogP contribution is 2.17. The molecule has 0 aliphatic rings. The third-order valence-corrected chi connectivity index (χ3v) is 2.56. The molecule has 0 aliphatic carbocycles. The van der Waals surface area contributed by atoms with Crippen molar-refractivity contribution in [3.63, 3.8) is 0 Å². The molecular weight excluding hydrogens is 180 g/mol. The van der Waals surface area contributed by atoms with Crippen molar-refractivity contribution in [2.45, 2.75) is 11.8 Å². The van der Waals surface area contributed by atoms with Crippen LogP contribution in [0.15, 0.2) is 41.3 Å². The molecule has 0 heterocycles. The van der Waals surface area contributed by atoms with Crippen molar-refractivity contribution in [1.29, 1.82) is 0 Å². The Balaban J connectivity index is 2.53. The maximum absolute atomic E-state index is 10.4. The van der Waals surface area contributed by atoms with Crippen molar-refractivity contribution in [2.24, 2.45) is 0 Å². The van der Waals surface area contributed by atoms with Gasteiger partial charge < -0.3 is 0 Å². The van der Waals surface area contributed by atoms with Gasteiger partial charge in [-0.15, -0.1) is 11.8 Å². The van der Waals surface area contributed by atoms with Gasteiger partial charge in [-0.25, -0.2) is 0 Å². The van der Waals surface area contributed by atoms with Crippen LogP contribution in [-0.4, -0.2) is 12.0 Å². The molecule has 1 aromatic rings. The number of carbonyl (C=O) groups is 1. The van der Waals surface area contributed by atoms with Crippen molar-refractivity contribution < 1.29 is 4.79 Å². The molecular formula is C11H12OS. The first-order valence-electron chi connectivity index (χ1n) is 4.16. The fourth-order valence-electron chi connectivity index (χ4n) is 0.883.